The smallest absolute Gasteiger partial charge is 0.231 e. The van der Waals surface area contributed by atoms with E-state index in [9.17, 15) is 9.90 Å². The van der Waals surface area contributed by atoms with Gasteiger partial charge in [-0.25, -0.2) is 0 Å². The first-order valence-electron chi connectivity index (χ1n) is 5.97. The normalized spacial score (nSPS) is 15.4. The molecule has 1 N–H and O–H groups in total. The van der Waals surface area contributed by atoms with Gasteiger partial charge in [-0.15, -0.1) is 0 Å². The molecule has 1 aliphatic heterocycles. The van der Waals surface area contributed by atoms with Crippen LogP contribution in [0.5, 0.6) is 11.5 Å². The van der Waals surface area contributed by atoms with Gasteiger partial charge in [0.05, 0.1) is 5.56 Å². The first-order chi connectivity index (χ1) is 9.13. The van der Waals surface area contributed by atoms with Gasteiger partial charge in [0.2, 0.25) is 5.78 Å². The van der Waals surface area contributed by atoms with Gasteiger partial charge in [0, 0.05) is 0 Å². The monoisotopic (exact) mass is 252 g/mol. The molecular weight excluding hydrogens is 240 g/mol. The van der Waals surface area contributed by atoms with Crippen LogP contribution in [0.3, 0.4) is 0 Å². The van der Waals surface area contributed by atoms with E-state index in [1.54, 1.807) is 36.4 Å². The van der Waals surface area contributed by atoms with E-state index in [-0.39, 0.29) is 17.3 Å². The van der Waals surface area contributed by atoms with Crippen molar-refractivity contribution in [3.05, 3.63) is 64.9 Å². The Balaban J connectivity index is 2.00. The summed E-state index contributed by atoms with van der Waals surface area (Å²) in [4.78, 5) is 12.2. The van der Waals surface area contributed by atoms with Crippen LogP contribution in [0, 0.1) is 6.92 Å². The summed E-state index contributed by atoms with van der Waals surface area (Å²) in [6.45, 7) is 1.94. The number of fused-ring (bicyclic) bond motifs is 1. The predicted octanol–water partition coefficient (Wildman–Crippen LogP) is 3.32. The number of benzene rings is 2. The molecule has 2 aromatic carbocycles. The van der Waals surface area contributed by atoms with Crippen LogP contribution in [0.2, 0.25) is 0 Å². The van der Waals surface area contributed by atoms with Gasteiger partial charge < -0.3 is 9.84 Å². The first kappa shape index (κ1) is 11.5. The number of hydrogen-bond donors (Lipinski definition) is 1. The Kier molecular flexibility index (Phi) is 2.60. The highest BCUT2D eigenvalue weighted by Crippen LogP contribution is 2.32. The van der Waals surface area contributed by atoms with Crippen molar-refractivity contribution in [1.82, 2.24) is 0 Å². The fraction of sp³-hybridized carbons (Fsp3) is 0.0625. The Labute approximate surface area is 110 Å². The third kappa shape index (κ3) is 2.10. The van der Waals surface area contributed by atoms with Crippen LogP contribution in [0.25, 0.3) is 6.08 Å². The van der Waals surface area contributed by atoms with Crippen molar-refractivity contribution in [2.24, 2.45) is 0 Å². The molecule has 1 aliphatic rings. The zero-order valence-corrected chi connectivity index (χ0v) is 10.4. The number of carbonyl (C=O) groups excluding carboxylic acids is 1. The summed E-state index contributed by atoms with van der Waals surface area (Å²) in [6.07, 6.45) is 1.64. The molecule has 0 amide bonds. The van der Waals surface area contributed by atoms with E-state index in [0.29, 0.717) is 11.3 Å². The number of carbonyl (C=O) groups is 1. The maximum Gasteiger partial charge on any atom is 0.231 e. The molecule has 3 nitrogen and oxygen atoms in total. The Hall–Kier alpha value is -2.55. The van der Waals surface area contributed by atoms with E-state index in [2.05, 4.69) is 0 Å². The summed E-state index contributed by atoms with van der Waals surface area (Å²) in [5.74, 6) is 0.906. The van der Waals surface area contributed by atoms with Crippen LogP contribution in [0.4, 0.5) is 0 Å². The standard InChI is InChI=1S/C16H12O3/c1-10-5-6-14-13(7-10)16(18)15(19-14)9-11-3-2-4-12(17)8-11/h2-9,17H,1H3/b15-9-. The molecule has 0 spiro atoms. The average molecular weight is 252 g/mol. The summed E-state index contributed by atoms with van der Waals surface area (Å²) in [5, 5.41) is 9.41. The molecule has 3 heteroatoms. The lowest BCUT2D eigenvalue weighted by molar-refractivity contribution is 0.101. The van der Waals surface area contributed by atoms with Gasteiger partial charge in [0.25, 0.3) is 0 Å². The highest BCUT2D eigenvalue weighted by molar-refractivity contribution is 6.14. The van der Waals surface area contributed by atoms with Gasteiger partial charge in [-0.2, -0.15) is 0 Å². The number of phenols is 1. The molecule has 0 saturated heterocycles. The lowest BCUT2D eigenvalue weighted by atomic mass is 10.1. The van der Waals surface area contributed by atoms with Crippen molar-refractivity contribution in [2.45, 2.75) is 6.92 Å². The highest BCUT2D eigenvalue weighted by Gasteiger charge is 2.27. The largest absolute Gasteiger partial charge is 0.508 e. The van der Waals surface area contributed by atoms with Gasteiger partial charge in [-0.3, -0.25) is 4.79 Å². The van der Waals surface area contributed by atoms with Crippen molar-refractivity contribution >= 4 is 11.9 Å². The van der Waals surface area contributed by atoms with Crippen LogP contribution in [-0.2, 0) is 0 Å². The van der Waals surface area contributed by atoms with Gasteiger partial charge in [0.15, 0.2) is 5.76 Å². The lowest BCUT2D eigenvalue weighted by Gasteiger charge is -1.99. The number of rotatable bonds is 1. The highest BCUT2D eigenvalue weighted by atomic mass is 16.5. The molecule has 0 atom stereocenters. The average Bonchev–Trinajstić information content (AvgIpc) is 2.67. The van der Waals surface area contributed by atoms with E-state index in [4.69, 9.17) is 4.74 Å². The number of aryl methyl sites for hydroxylation is 1. The first-order valence-corrected chi connectivity index (χ1v) is 5.97. The third-order valence-electron chi connectivity index (χ3n) is 2.99. The minimum atomic E-state index is -0.123. The molecule has 2 aromatic rings. The molecule has 19 heavy (non-hydrogen) atoms. The van der Waals surface area contributed by atoms with Crippen LogP contribution >= 0.6 is 0 Å². The molecule has 0 fully saturated rings. The van der Waals surface area contributed by atoms with Gasteiger partial charge >= 0.3 is 0 Å². The number of hydrogen-bond acceptors (Lipinski definition) is 3. The minimum Gasteiger partial charge on any atom is -0.508 e. The number of phenolic OH excluding ortho intramolecular Hbond substituents is 1. The van der Waals surface area contributed by atoms with Crippen LogP contribution in [-0.4, -0.2) is 10.9 Å². The second-order valence-electron chi connectivity index (χ2n) is 4.53. The van der Waals surface area contributed by atoms with Crippen molar-refractivity contribution in [3.8, 4) is 11.5 Å². The molecule has 0 saturated carbocycles. The summed E-state index contributed by atoms with van der Waals surface area (Å²) in [6, 6.07) is 12.2. The van der Waals surface area contributed by atoms with Crippen LogP contribution in [0.15, 0.2) is 48.2 Å². The zero-order valence-electron chi connectivity index (χ0n) is 10.4. The molecule has 0 aromatic heterocycles. The quantitative estimate of drug-likeness (QED) is 0.792. The van der Waals surface area contributed by atoms with Crippen molar-refractivity contribution < 1.29 is 14.6 Å². The van der Waals surface area contributed by atoms with Crippen molar-refractivity contribution in [3.63, 3.8) is 0 Å². The Bertz CT molecular complexity index is 699. The molecule has 94 valence electrons. The third-order valence-corrected chi connectivity index (χ3v) is 2.99. The number of allylic oxidation sites excluding steroid dienone is 1. The van der Waals surface area contributed by atoms with Crippen LogP contribution < -0.4 is 4.74 Å². The predicted molar refractivity (Wildman–Crippen MR) is 72.2 cm³/mol. The van der Waals surface area contributed by atoms with Gasteiger partial charge in [0.1, 0.15) is 11.5 Å². The fourth-order valence-corrected chi connectivity index (χ4v) is 2.07. The summed E-state index contributed by atoms with van der Waals surface area (Å²) >= 11 is 0. The molecule has 0 unspecified atom stereocenters. The Morgan fingerprint density at radius 1 is 1.16 bits per heavy atom. The SMILES string of the molecule is Cc1ccc2c(c1)C(=O)/C(=C/c1cccc(O)c1)O2. The molecule has 3 rings (SSSR count). The molecule has 1 heterocycles. The lowest BCUT2D eigenvalue weighted by Crippen LogP contribution is -1.98. The second kappa shape index (κ2) is 4.28. The van der Waals surface area contributed by atoms with E-state index < -0.39 is 0 Å². The topological polar surface area (TPSA) is 46.5 Å². The molecular formula is C16H12O3. The van der Waals surface area contributed by atoms with E-state index in [0.717, 1.165) is 11.1 Å². The maximum atomic E-state index is 12.2. The van der Waals surface area contributed by atoms with Crippen LogP contribution in [0.1, 0.15) is 21.5 Å². The van der Waals surface area contributed by atoms with Gasteiger partial charge in [-0.05, 0) is 42.8 Å². The van der Waals surface area contributed by atoms with Crippen molar-refractivity contribution in [2.75, 3.05) is 0 Å². The Morgan fingerprint density at radius 3 is 2.79 bits per heavy atom. The summed E-state index contributed by atoms with van der Waals surface area (Å²) < 4.78 is 5.55. The number of aromatic hydroxyl groups is 1. The van der Waals surface area contributed by atoms with E-state index in [1.807, 2.05) is 19.1 Å². The Morgan fingerprint density at radius 2 is 2.00 bits per heavy atom. The second-order valence-corrected chi connectivity index (χ2v) is 4.53. The fourth-order valence-electron chi connectivity index (χ4n) is 2.07. The number of ketones is 1. The molecule has 0 aliphatic carbocycles. The van der Waals surface area contributed by atoms with E-state index in [1.165, 1.54) is 0 Å². The number of ether oxygens (including phenoxy) is 1. The van der Waals surface area contributed by atoms with E-state index >= 15 is 0 Å². The van der Waals surface area contributed by atoms with Crippen molar-refractivity contribution in [1.29, 1.82) is 0 Å². The van der Waals surface area contributed by atoms with Gasteiger partial charge in [-0.1, -0.05) is 23.8 Å². The number of Topliss-reactive ketones (excluding diaryl/α,β-unsaturated/α-hetero) is 1. The minimum absolute atomic E-state index is 0.123. The zero-order chi connectivity index (χ0) is 13.4. The summed E-state index contributed by atoms with van der Waals surface area (Å²) in [5.41, 5.74) is 2.34. The maximum absolute atomic E-state index is 12.2. The molecule has 0 bridgehead atoms. The summed E-state index contributed by atoms with van der Waals surface area (Å²) in [7, 11) is 0. The molecule has 0 radical (unpaired) electrons.